The summed E-state index contributed by atoms with van der Waals surface area (Å²) in [6.07, 6.45) is 4.00. The van der Waals surface area contributed by atoms with Crippen LogP contribution in [0, 0.1) is 15.9 Å². The van der Waals surface area contributed by atoms with Crippen molar-refractivity contribution in [1.82, 2.24) is 0 Å². The first kappa shape index (κ1) is 12.2. The molecular formula is C14H20IN. The van der Waals surface area contributed by atoms with E-state index < -0.39 is 0 Å². The van der Waals surface area contributed by atoms with Crippen molar-refractivity contribution < 1.29 is 0 Å². The number of aryl methyl sites for hydroxylation is 1. The highest BCUT2D eigenvalue weighted by molar-refractivity contribution is 14.1. The molecule has 0 aromatic heterocycles. The van der Waals surface area contributed by atoms with Crippen LogP contribution >= 0.6 is 22.6 Å². The highest BCUT2D eigenvalue weighted by atomic mass is 127. The van der Waals surface area contributed by atoms with Gasteiger partial charge in [0.15, 0.2) is 0 Å². The second kappa shape index (κ2) is 4.55. The lowest BCUT2D eigenvalue weighted by Crippen LogP contribution is -2.31. The molecule has 1 aromatic rings. The van der Waals surface area contributed by atoms with Crippen LogP contribution in [-0.4, -0.2) is 6.04 Å². The van der Waals surface area contributed by atoms with Gasteiger partial charge in [-0.25, -0.2) is 0 Å². The molecule has 1 unspecified atom stereocenters. The van der Waals surface area contributed by atoms with Gasteiger partial charge in [0.25, 0.3) is 0 Å². The molecule has 1 aliphatic carbocycles. The van der Waals surface area contributed by atoms with Gasteiger partial charge in [0.1, 0.15) is 0 Å². The largest absolute Gasteiger partial charge is 0.382 e. The van der Waals surface area contributed by atoms with Crippen molar-refractivity contribution in [2.75, 3.05) is 5.32 Å². The number of rotatable bonds is 2. The number of hydrogen-bond donors (Lipinski definition) is 1. The van der Waals surface area contributed by atoms with E-state index in [9.17, 15) is 0 Å². The third kappa shape index (κ3) is 2.53. The van der Waals surface area contributed by atoms with Gasteiger partial charge in [0, 0.05) is 15.3 Å². The Morgan fingerprint density at radius 1 is 1.38 bits per heavy atom. The zero-order chi connectivity index (χ0) is 11.8. The summed E-state index contributed by atoms with van der Waals surface area (Å²) in [5.74, 6) is 0. The maximum absolute atomic E-state index is 3.72. The first-order chi connectivity index (χ1) is 7.49. The van der Waals surface area contributed by atoms with Crippen molar-refractivity contribution >= 4 is 28.3 Å². The average Bonchev–Trinajstić information content (AvgIpc) is 2.50. The topological polar surface area (TPSA) is 12.0 Å². The molecule has 0 saturated heterocycles. The number of nitrogens with one attached hydrogen (secondary N) is 1. The van der Waals surface area contributed by atoms with Crippen LogP contribution in [0.3, 0.4) is 0 Å². The molecule has 2 rings (SSSR count). The molecule has 1 aromatic carbocycles. The standard InChI is InChI=1S/C14H20IN/c1-10-9-11(15)6-7-12(10)16-13-5-4-8-14(13,2)3/h6-7,9,13,16H,4-5,8H2,1-3H3. The number of halogens is 1. The fraction of sp³-hybridized carbons (Fsp3) is 0.571. The van der Waals surface area contributed by atoms with Crippen molar-refractivity contribution in [3.63, 3.8) is 0 Å². The Bertz CT molecular complexity index is 384. The molecule has 2 heteroatoms. The van der Waals surface area contributed by atoms with Gasteiger partial charge in [0.2, 0.25) is 0 Å². The van der Waals surface area contributed by atoms with Gasteiger partial charge in [-0.15, -0.1) is 0 Å². The van der Waals surface area contributed by atoms with Crippen LogP contribution < -0.4 is 5.32 Å². The van der Waals surface area contributed by atoms with Crippen LogP contribution in [0.5, 0.6) is 0 Å². The summed E-state index contributed by atoms with van der Waals surface area (Å²) < 4.78 is 1.31. The SMILES string of the molecule is Cc1cc(I)ccc1NC1CCCC1(C)C. The van der Waals surface area contributed by atoms with E-state index in [4.69, 9.17) is 0 Å². The first-order valence-electron chi connectivity index (χ1n) is 6.02. The summed E-state index contributed by atoms with van der Waals surface area (Å²) in [4.78, 5) is 0. The third-order valence-electron chi connectivity index (χ3n) is 3.78. The van der Waals surface area contributed by atoms with E-state index >= 15 is 0 Å². The van der Waals surface area contributed by atoms with Crippen LogP contribution in [0.4, 0.5) is 5.69 Å². The summed E-state index contributed by atoms with van der Waals surface area (Å²) in [6, 6.07) is 7.26. The zero-order valence-corrected chi connectivity index (χ0v) is 12.5. The van der Waals surface area contributed by atoms with Gasteiger partial charge in [-0.2, -0.15) is 0 Å². The van der Waals surface area contributed by atoms with Crippen molar-refractivity contribution in [1.29, 1.82) is 0 Å². The molecule has 1 atom stereocenters. The molecule has 0 heterocycles. The van der Waals surface area contributed by atoms with E-state index in [2.05, 4.69) is 66.9 Å². The number of benzene rings is 1. The van der Waals surface area contributed by atoms with Crippen molar-refractivity contribution in [3.8, 4) is 0 Å². The zero-order valence-electron chi connectivity index (χ0n) is 10.3. The van der Waals surface area contributed by atoms with Crippen molar-refractivity contribution in [2.45, 2.75) is 46.1 Å². The summed E-state index contributed by atoms with van der Waals surface area (Å²) >= 11 is 2.37. The van der Waals surface area contributed by atoms with E-state index in [0.717, 1.165) is 0 Å². The van der Waals surface area contributed by atoms with Crippen LogP contribution in [0.15, 0.2) is 18.2 Å². The maximum atomic E-state index is 3.72. The molecule has 0 spiro atoms. The van der Waals surface area contributed by atoms with Gasteiger partial charge in [-0.05, 0) is 71.5 Å². The van der Waals surface area contributed by atoms with Crippen LogP contribution in [0.1, 0.15) is 38.7 Å². The van der Waals surface area contributed by atoms with E-state index in [1.807, 2.05) is 0 Å². The lowest BCUT2D eigenvalue weighted by Gasteiger charge is -2.29. The van der Waals surface area contributed by atoms with E-state index in [-0.39, 0.29) is 0 Å². The Morgan fingerprint density at radius 2 is 2.12 bits per heavy atom. The molecular weight excluding hydrogens is 309 g/mol. The number of hydrogen-bond acceptors (Lipinski definition) is 1. The molecule has 1 nitrogen and oxygen atoms in total. The predicted octanol–water partition coefficient (Wildman–Crippen LogP) is 4.59. The molecule has 1 N–H and O–H groups in total. The molecule has 1 aliphatic rings. The lowest BCUT2D eigenvalue weighted by atomic mass is 9.87. The molecule has 0 radical (unpaired) electrons. The van der Waals surface area contributed by atoms with E-state index in [0.29, 0.717) is 11.5 Å². The molecule has 16 heavy (non-hydrogen) atoms. The highest BCUT2D eigenvalue weighted by Crippen LogP contribution is 2.39. The van der Waals surface area contributed by atoms with Gasteiger partial charge >= 0.3 is 0 Å². The smallest absolute Gasteiger partial charge is 0.0372 e. The highest BCUT2D eigenvalue weighted by Gasteiger charge is 2.34. The second-order valence-corrected chi connectivity index (χ2v) is 6.78. The monoisotopic (exact) mass is 329 g/mol. The van der Waals surface area contributed by atoms with Crippen molar-refractivity contribution in [3.05, 3.63) is 27.3 Å². The molecule has 0 amide bonds. The van der Waals surface area contributed by atoms with Crippen molar-refractivity contribution in [2.24, 2.45) is 5.41 Å². The normalized spacial score (nSPS) is 23.4. The number of anilines is 1. The Labute approximate surface area is 112 Å². The maximum Gasteiger partial charge on any atom is 0.0372 e. The molecule has 1 saturated carbocycles. The Morgan fingerprint density at radius 3 is 2.69 bits per heavy atom. The molecule has 88 valence electrons. The van der Waals surface area contributed by atoms with Crippen LogP contribution in [0.2, 0.25) is 0 Å². The lowest BCUT2D eigenvalue weighted by molar-refractivity contribution is 0.350. The Kier molecular flexibility index (Phi) is 3.48. The summed E-state index contributed by atoms with van der Waals surface area (Å²) in [7, 11) is 0. The van der Waals surface area contributed by atoms with Crippen LogP contribution in [0.25, 0.3) is 0 Å². The second-order valence-electron chi connectivity index (χ2n) is 5.54. The van der Waals surface area contributed by atoms with E-state index in [1.165, 1.54) is 34.1 Å². The summed E-state index contributed by atoms with van der Waals surface area (Å²) in [5.41, 5.74) is 3.10. The summed E-state index contributed by atoms with van der Waals surface area (Å²) in [6.45, 7) is 6.94. The predicted molar refractivity (Wildman–Crippen MR) is 78.9 cm³/mol. The van der Waals surface area contributed by atoms with Gasteiger partial charge < -0.3 is 5.32 Å². The van der Waals surface area contributed by atoms with Gasteiger partial charge in [-0.1, -0.05) is 20.3 Å². The van der Waals surface area contributed by atoms with E-state index in [1.54, 1.807) is 0 Å². The molecule has 0 bridgehead atoms. The first-order valence-corrected chi connectivity index (χ1v) is 7.09. The van der Waals surface area contributed by atoms with Crippen LogP contribution in [-0.2, 0) is 0 Å². The van der Waals surface area contributed by atoms with Gasteiger partial charge in [-0.3, -0.25) is 0 Å². The average molecular weight is 329 g/mol. The fourth-order valence-electron chi connectivity index (χ4n) is 2.57. The third-order valence-corrected chi connectivity index (χ3v) is 4.45. The quantitative estimate of drug-likeness (QED) is 0.783. The molecule has 0 aliphatic heterocycles. The minimum Gasteiger partial charge on any atom is -0.382 e. The Hall–Kier alpha value is -0.250. The summed E-state index contributed by atoms with van der Waals surface area (Å²) in [5, 5.41) is 3.72. The minimum atomic E-state index is 0.440. The molecule has 1 fully saturated rings. The van der Waals surface area contributed by atoms with Gasteiger partial charge in [0.05, 0.1) is 0 Å². The minimum absolute atomic E-state index is 0.440. The Balaban J connectivity index is 2.15. The fourth-order valence-corrected chi connectivity index (χ4v) is 3.22.